The zero-order chi connectivity index (χ0) is 13.6. The summed E-state index contributed by atoms with van der Waals surface area (Å²) in [6.07, 6.45) is 0. The third kappa shape index (κ3) is 5.66. The summed E-state index contributed by atoms with van der Waals surface area (Å²) in [6.45, 7) is 3.74. The maximum absolute atomic E-state index is 12.0. The van der Waals surface area contributed by atoms with Crippen LogP contribution in [-0.2, 0) is 10.0 Å². The highest BCUT2D eigenvalue weighted by atomic mass is 79.9. The molecular weight excluding hydrogens is 356 g/mol. The van der Waals surface area contributed by atoms with Crippen molar-refractivity contribution in [3.63, 3.8) is 0 Å². The first-order chi connectivity index (χ1) is 8.51. The van der Waals surface area contributed by atoms with Gasteiger partial charge in [0.2, 0.25) is 10.0 Å². The molecule has 0 heterocycles. The van der Waals surface area contributed by atoms with Gasteiger partial charge in [0.1, 0.15) is 5.75 Å². The molecule has 0 aliphatic rings. The Kier molecular flexibility index (Phi) is 8.60. The topological polar surface area (TPSA) is 67.4 Å². The van der Waals surface area contributed by atoms with Crippen molar-refractivity contribution in [2.45, 2.75) is 11.8 Å². The molecule has 0 aliphatic heterocycles. The predicted octanol–water partition coefficient (Wildman–Crippen LogP) is 1.77. The molecule has 0 saturated heterocycles. The fourth-order valence-electron chi connectivity index (χ4n) is 1.34. The lowest BCUT2D eigenvalue weighted by Gasteiger charge is -2.09. The molecule has 1 rings (SSSR count). The molecule has 0 aliphatic carbocycles. The smallest absolute Gasteiger partial charge is 0.240 e. The van der Waals surface area contributed by atoms with Gasteiger partial charge in [0.15, 0.2) is 0 Å². The molecule has 19 heavy (non-hydrogen) atoms. The fraction of sp³-hybridized carbons (Fsp3) is 0.455. The lowest BCUT2D eigenvalue weighted by molar-refractivity contribution is 0.410. The minimum atomic E-state index is -3.48. The van der Waals surface area contributed by atoms with Gasteiger partial charge in [-0.15, -0.1) is 12.4 Å². The van der Waals surface area contributed by atoms with E-state index in [1.165, 1.54) is 19.2 Å². The lowest BCUT2D eigenvalue weighted by atomic mass is 10.3. The van der Waals surface area contributed by atoms with E-state index in [-0.39, 0.29) is 17.3 Å². The van der Waals surface area contributed by atoms with Crippen LogP contribution in [-0.4, -0.2) is 35.2 Å². The molecule has 0 atom stereocenters. The van der Waals surface area contributed by atoms with Gasteiger partial charge >= 0.3 is 0 Å². The fourth-order valence-corrected chi connectivity index (χ4v) is 2.80. The van der Waals surface area contributed by atoms with Gasteiger partial charge in [-0.05, 0) is 34.6 Å². The second-order valence-corrected chi connectivity index (χ2v) is 6.17. The number of hydrogen-bond acceptors (Lipinski definition) is 4. The van der Waals surface area contributed by atoms with Crippen molar-refractivity contribution in [3.05, 3.63) is 22.7 Å². The quantitative estimate of drug-likeness (QED) is 0.715. The summed E-state index contributed by atoms with van der Waals surface area (Å²) in [7, 11) is -1.99. The zero-order valence-corrected chi connectivity index (χ0v) is 14.0. The second kappa shape index (κ2) is 8.76. The number of likely N-dealkylation sites (N-methyl/N-ethyl adjacent to an activating group) is 1. The SMILES string of the molecule is CCNCCNS(=O)(=O)c1ccc(Br)c(OC)c1.Cl. The molecule has 1 aromatic rings. The van der Waals surface area contributed by atoms with Gasteiger partial charge in [-0.25, -0.2) is 13.1 Å². The first-order valence-electron chi connectivity index (χ1n) is 5.55. The van der Waals surface area contributed by atoms with Crippen molar-refractivity contribution < 1.29 is 13.2 Å². The molecule has 0 unspecified atom stereocenters. The molecule has 8 heteroatoms. The Morgan fingerprint density at radius 3 is 2.58 bits per heavy atom. The van der Waals surface area contributed by atoms with Crippen LogP contribution < -0.4 is 14.8 Å². The number of sulfonamides is 1. The van der Waals surface area contributed by atoms with Crippen LogP contribution >= 0.6 is 28.3 Å². The molecule has 2 N–H and O–H groups in total. The maximum atomic E-state index is 12.0. The summed E-state index contributed by atoms with van der Waals surface area (Å²) in [5.74, 6) is 0.490. The van der Waals surface area contributed by atoms with Crippen LogP contribution in [0, 0.1) is 0 Å². The Morgan fingerprint density at radius 1 is 1.32 bits per heavy atom. The molecule has 1 aromatic carbocycles. The van der Waals surface area contributed by atoms with Crippen molar-refractivity contribution in [2.75, 3.05) is 26.7 Å². The summed E-state index contributed by atoms with van der Waals surface area (Å²) in [6, 6.07) is 4.67. The van der Waals surface area contributed by atoms with Crippen molar-refractivity contribution in [3.8, 4) is 5.75 Å². The summed E-state index contributed by atoms with van der Waals surface area (Å²) < 4.78 is 32.2. The second-order valence-electron chi connectivity index (χ2n) is 3.55. The van der Waals surface area contributed by atoms with E-state index in [9.17, 15) is 8.42 Å². The van der Waals surface area contributed by atoms with Crippen molar-refractivity contribution in [1.29, 1.82) is 0 Å². The molecule has 110 valence electrons. The van der Waals surface area contributed by atoms with E-state index in [1.807, 2.05) is 6.92 Å². The predicted molar refractivity (Wildman–Crippen MR) is 81.7 cm³/mol. The zero-order valence-electron chi connectivity index (χ0n) is 10.8. The highest BCUT2D eigenvalue weighted by molar-refractivity contribution is 9.10. The lowest BCUT2D eigenvalue weighted by Crippen LogP contribution is -2.31. The minimum Gasteiger partial charge on any atom is -0.496 e. The number of hydrogen-bond donors (Lipinski definition) is 2. The van der Waals surface area contributed by atoms with E-state index >= 15 is 0 Å². The standard InChI is InChI=1S/C11H17BrN2O3S.ClH/c1-3-13-6-7-14-18(15,16)9-4-5-10(12)11(8-9)17-2;/h4-5,8,13-14H,3,6-7H2,1-2H3;1H. The minimum absolute atomic E-state index is 0. The van der Waals surface area contributed by atoms with Gasteiger partial charge in [-0.2, -0.15) is 0 Å². The molecular formula is C11H18BrClN2O3S. The Balaban J connectivity index is 0.00000324. The van der Waals surface area contributed by atoms with Gasteiger partial charge in [-0.1, -0.05) is 6.92 Å². The summed E-state index contributed by atoms with van der Waals surface area (Å²) in [5.41, 5.74) is 0. The molecule has 0 aromatic heterocycles. The molecule has 0 saturated carbocycles. The molecule has 0 amide bonds. The first kappa shape index (κ1) is 18.7. The number of rotatable bonds is 7. The van der Waals surface area contributed by atoms with Crippen LogP contribution in [0.2, 0.25) is 0 Å². The van der Waals surface area contributed by atoms with Crippen molar-refractivity contribution >= 4 is 38.4 Å². The van der Waals surface area contributed by atoms with E-state index < -0.39 is 10.0 Å². The summed E-state index contributed by atoms with van der Waals surface area (Å²) in [4.78, 5) is 0.194. The summed E-state index contributed by atoms with van der Waals surface area (Å²) in [5, 5.41) is 3.04. The number of ether oxygens (including phenoxy) is 1. The van der Waals surface area contributed by atoms with Crippen molar-refractivity contribution in [2.24, 2.45) is 0 Å². The van der Waals surface area contributed by atoms with Crippen LogP contribution in [0.15, 0.2) is 27.6 Å². The maximum Gasteiger partial charge on any atom is 0.240 e. The highest BCUT2D eigenvalue weighted by Crippen LogP contribution is 2.27. The highest BCUT2D eigenvalue weighted by Gasteiger charge is 2.15. The van der Waals surface area contributed by atoms with Gasteiger partial charge in [0, 0.05) is 19.2 Å². The third-order valence-corrected chi connectivity index (χ3v) is 4.39. The number of benzene rings is 1. The van der Waals surface area contributed by atoms with Gasteiger partial charge < -0.3 is 10.1 Å². The van der Waals surface area contributed by atoms with Crippen LogP contribution in [0.25, 0.3) is 0 Å². The molecule has 0 fully saturated rings. The molecule has 0 radical (unpaired) electrons. The molecule has 0 spiro atoms. The van der Waals surface area contributed by atoms with E-state index in [2.05, 4.69) is 26.0 Å². The summed E-state index contributed by atoms with van der Waals surface area (Å²) >= 11 is 3.28. The van der Waals surface area contributed by atoms with Crippen molar-refractivity contribution in [1.82, 2.24) is 10.0 Å². The average molecular weight is 374 g/mol. The Labute approximate surface area is 128 Å². The van der Waals surface area contributed by atoms with E-state index in [4.69, 9.17) is 4.74 Å². The third-order valence-electron chi connectivity index (χ3n) is 2.28. The monoisotopic (exact) mass is 372 g/mol. The normalized spacial score (nSPS) is 10.9. The number of nitrogens with one attached hydrogen (secondary N) is 2. The average Bonchev–Trinajstić information content (AvgIpc) is 2.35. The van der Waals surface area contributed by atoms with Crippen LogP contribution in [0.5, 0.6) is 5.75 Å². The Bertz CT molecular complexity index is 497. The van der Waals surface area contributed by atoms with E-state index in [1.54, 1.807) is 6.07 Å². The van der Waals surface area contributed by atoms with Gasteiger partial charge in [-0.3, -0.25) is 0 Å². The first-order valence-corrected chi connectivity index (χ1v) is 7.82. The van der Waals surface area contributed by atoms with Crippen LogP contribution in [0.4, 0.5) is 0 Å². The van der Waals surface area contributed by atoms with Gasteiger partial charge in [0.05, 0.1) is 16.5 Å². The Morgan fingerprint density at radius 2 is 2.00 bits per heavy atom. The van der Waals surface area contributed by atoms with E-state index in [0.717, 1.165) is 11.0 Å². The number of halogens is 2. The Hall–Kier alpha value is -0.340. The molecule has 0 bridgehead atoms. The van der Waals surface area contributed by atoms with E-state index in [0.29, 0.717) is 18.8 Å². The van der Waals surface area contributed by atoms with Crippen LogP contribution in [0.1, 0.15) is 6.92 Å². The largest absolute Gasteiger partial charge is 0.496 e. The number of methoxy groups -OCH3 is 1. The molecule has 5 nitrogen and oxygen atoms in total. The van der Waals surface area contributed by atoms with Gasteiger partial charge in [0.25, 0.3) is 0 Å². The van der Waals surface area contributed by atoms with Crippen LogP contribution in [0.3, 0.4) is 0 Å².